The summed E-state index contributed by atoms with van der Waals surface area (Å²) in [7, 11) is 0. The lowest BCUT2D eigenvalue weighted by Crippen LogP contribution is -1.94. The van der Waals surface area contributed by atoms with Gasteiger partial charge in [-0.3, -0.25) is 0 Å². The Balaban J connectivity index is 2.38. The van der Waals surface area contributed by atoms with Crippen LogP contribution >= 0.6 is 0 Å². The molecule has 66 valence electrons. The zero-order valence-electron chi connectivity index (χ0n) is 7.54. The first-order chi connectivity index (χ1) is 6.34. The van der Waals surface area contributed by atoms with E-state index in [0.717, 1.165) is 24.6 Å². The van der Waals surface area contributed by atoms with Gasteiger partial charge in [-0.05, 0) is 24.6 Å². The maximum atomic E-state index is 4.51. The van der Waals surface area contributed by atoms with Crippen molar-refractivity contribution in [2.24, 2.45) is 0 Å². The number of hydrogen-bond donors (Lipinski definition) is 1. The third-order valence-electron chi connectivity index (χ3n) is 2.52. The third kappa shape index (κ3) is 0.869. The summed E-state index contributed by atoms with van der Waals surface area (Å²) in [4.78, 5) is 4.51. The highest BCUT2D eigenvalue weighted by atomic mass is 15.3. The molecule has 0 unspecified atom stereocenters. The number of rotatable bonds is 0. The number of aromatic nitrogens is 2. The van der Waals surface area contributed by atoms with Crippen LogP contribution in [0.25, 0.3) is 11.0 Å². The Hall–Kier alpha value is -1.51. The minimum Gasteiger partial charge on any atom is -0.354 e. The Labute approximate surface area is 76.4 Å². The molecule has 0 radical (unpaired) electrons. The van der Waals surface area contributed by atoms with Gasteiger partial charge in [0.2, 0.25) is 5.95 Å². The molecule has 1 aromatic carbocycles. The SMILES string of the molecule is Cc1ccc2c(c1)nc1n2CCN1. The van der Waals surface area contributed by atoms with E-state index in [1.165, 1.54) is 11.1 Å². The molecule has 1 aromatic heterocycles. The molecule has 0 fully saturated rings. The molecule has 0 atom stereocenters. The molecular formula is C10H11N3. The Morgan fingerprint density at radius 3 is 3.31 bits per heavy atom. The molecule has 0 amide bonds. The topological polar surface area (TPSA) is 29.9 Å². The highest BCUT2D eigenvalue weighted by molar-refractivity contribution is 5.79. The summed E-state index contributed by atoms with van der Waals surface area (Å²) in [5.74, 6) is 1.01. The van der Waals surface area contributed by atoms with E-state index in [-0.39, 0.29) is 0 Å². The van der Waals surface area contributed by atoms with E-state index in [2.05, 4.69) is 40.0 Å². The number of aryl methyl sites for hydroxylation is 1. The summed E-state index contributed by atoms with van der Waals surface area (Å²) in [5.41, 5.74) is 3.61. The first-order valence-corrected chi connectivity index (χ1v) is 4.55. The highest BCUT2D eigenvalue weighted by Crippen LogP contribution is 2.23. The standard InChI is InChI=1S/C10H11N3/c1-7-2-3-9-8(6-7)12-10-11-4-5-13(9)10/h2-3,6H,4-5H2,1H3,(H,11,12). The summed E-state index contributed by atoms with van der Waals surface area (Å²) in [6.45, 7) is 4.14. The number of benzene rings is 1. The molecule has 1 N–H and O–H groups in total. The van der Waals surface area contributed by atoms with Crippen LogP contribution < -0.4 is 5.32 Å². The average Bonchev–Trinajstić information content (AvgIpc) is 2.62. The van der Waals surface area contributed by atoms with Crippen molar-refractivity contribution < 1.29 is 0 Å². The smallest absolute Gasteiger partial charge is 0.204 e. The number of nitrogens with zero attached hydrogens (tertiary/aromatic N) is 2. The van der Waals surface area contributed by atoms with Gasteiger partial charge in [-0.15, -0.1) is 0 Å². The molecular weight excluding hydrogens is 162 g/mol. The zero-order valence-corrected chi connectivity index (χ0v) is 7.54. The van der Waals surface area contributed by atoms with Gasteiger partial charge in [0.15, 0.2) is 0 Å². The lowest BCUT2D eigenvalue weighted by atomic mass is 10.2. The predicted molar refractivity (Wildman–Crippen MR) is 53.0 cm³/mol. The Morgan fingerprint density at radius 1 is 1.46 bits per heavy atom. The van der Waals surface area contributed by atoms with Crippen LogP contribution in [0.5, 0.6) is 0 Å². The van der Waals surface area contributed by atoms with Crippen LogP contribution in [0, 0.1) is 6.92 Å². The fraction of sp³-hybridized carbons (Fsp3) is 0.300. The number of fused-ring (bicyclic) bond motifs is 3. The molecule has 3 rings (SSSR count). The van der Waals surface area contributed by atoms with Crippen molar-refractivity contribution in [3.8, 4) is 0 Å². The van der Waals surface area contributed by atoms with Gasteiger partial charge in [0.05, 0.1) is 11.0 Å². The van der Waals surface area contributed by atoms with Crippen LogP contribution in [0.15, 0.2) is 18.2 Å². The maximum Gasteiger partial charge on any atom is 0.204 e. The summed E-state index contributed by atoms with van der Waals surface area (Å²) in [6.07, 6.45) is 0. The Bertz CT molecular complexity index is 470. The maximum absolute atomic E-state index is 4.51. The molecule has 13 heavy (non-hydrogen) atoms. The number of anilines is 1. The summed E-state index contributed by atoms with van der Waals surface area (Å²) in [5, 5.41) is 3.26. The zero-order chi connectivity index (χ0) is 8.84. The molecule has 2 aromatic rings. The van der Waals surface area contributed by atoms with Crippen LogP contribution in [-0.4, -0.2) is 16.1 Å². The monoisotopic (exact) mass is 173 g/mol. The van der Waals surface area contributed by atoms with Crippen LogP contribution in [0.1, 0.15) is 5.56 Å². The predicted octanol–water partition coefficient (Wildman–Crippen LogP) is 1.77. The molecule has 0 saturated heterocycles. The number of hydrogen-bond acceptors (Lipinski definition) is 2. The second-order valence-electron chi connectivity index (χ2n) is 3.51. The lowest BCUT2D eigenvalue weighted by Gasteiger charge is -1.96. The van der Waals surface area contributed by atoms with Crippen LogP contribution in [0.2, 0.25) is 0 Å². The first kappa shape index (κ1) is 6.95. The molecule has 1 aliphatic rings. The van der Waals surface area contributed by atoms with Crippen molar-refractivity contribution in [3.05, 3.63) is 23.8 Å². The molecule has 1 aliphatic heterocycles. The van der Waals surface area contributed by atoms with E-state index in [4.69, 9.17) is 0 Å². The van der Waals surface area contributed by atoms with Gasteiger partial charge < -0.3 is 9.88 Å². The van der Waals surface area contributed by atoms with Gasteiger partial charge in [-0.1, -0.05) is 6.07 Å². The third-order valence-corrected chi connectivity index (χ3v) is 2.52. The Kier molecular flexibility index (Phi) is 1.20. The van der Waals surface area contributed by atoms with Crippen molar-refractivity contribution >= 4 is 17.0 Å². The quantitative estimate of drug-likeness (QED) is 0.658. The Morgan fingerprint density at radius 2 is 2.38 bits per heavy atom. The largest absolute Gasteiger partial charge is 0.354 e. The van der Waals surface area contributed by atoms with Gasteiger partial charge >= 0.3 is 0 Å². The average molecular weight is 173 g/mol. The fourth-order valence-electron chi connectivity index (χ4n) is 1.88. The second-order valence-corrected chi connectivity index (χ2v) is 3.51. The van der Waals surface area contributed by atoms with Gasteiger partial charge in [0, 0.05) is 13.1 Å². The van der Waals surface area contributed by atoms with Crippen molar-refractivity contribution in [1.29, 1.82) is 0 Å². The van der Waals surface area contributed by atoms with Gasteiger partial charge in [-0.25, -0.2) is 4.98 Å². The minimum absolute atomic E-state index is 1.01. The van der Waals surface area contributed by atoms with E-state index < -0.39 is 0 Å². The van der Waals surface area contributed by atoms with E-state index in [9.17, 15) is 0 Å². The number of imidazole rings is 1. The van der Waals surface area contributed by atoms with Gasteiger partial charge in [0.1, 0.15) is 0 Å². The summed E-state index contributed by atoms with van der Waals surface area (Å²) >= 11 is 0. The van der Waals surface area contributed by atoms with Crippen molar-refractivity contribution in [1.82, 2.24) is 9.55 Å². The minimum atomic E-state index is 1.01. The first-order valence-electron chi connectivity index (χ1n) is 4.55. The molecule has 0 saturated carbocycles. The van der Waals surface area contributed by atoms with Crippen LogP contribution in [-0.2, 0) is 6.54 Å². The molecule has 3 nitrogen and oxygen atoms in total. The number of nitrogens with one attached hydrogen (secondary N) is 1. The van der Waals surface area contributed by atoms with Gasteiger partial charge in [0.25, 0.3) is 0 Å². The molecule has 3 heteroatoms. The molecule has 2 heterocycles. The van der Waals surface area contributed by atoms with E-state index in [1.54, 1.807) is 0 Å². The van der Waals surface area contributed by atoms with E-state index >= 15 is 0 Å². The van der Waals surface area contributed by atoms with E-state index in [1.807, 2.05) is 0 Å². The van der Waals surface area contributed by atoms with E-state index in [0.29, 0.717) is 0 Å². The van der Waals surface area contributed by atoms with Gasteiger partial charge in [-0.2, -0.15) is 0 Å². The van der Waals surface area contributed by atoms with Crippen LogP contribution in [0.4, 0.5) is 5.95 Å². The van der Waals surface area contributed by atoms with Crippen LogP contribution in [0.3, 0.4) is 0 Å². The summed E-state index contributed by atoms with van der Waals surface area (Å²) < 4.78 is 2.23. The second kappa shape index (κ2) is 2.25. The highest BCUT2D eigenvalue weighted by Gasteiger charge is 2.14. The van der Waals surface area contributed by atoms with Crippen molar-refractivity contribution in [2.45, 2.75) is 13.5 Å². The molecule has 0 aliphatic carbocycles. The molecule has 0 spiro atoms. The fourth-order valence-corrected chi connectivity index (χ4v) is 1.88. The summed E-state index contributed by atoms with van der Waals surface area (Å²) in [6, 6.07) is 6.41. The van der Waals surface area contributed by atoms with Crippen molar-refractivity contribution in [2.75, 3.05) is 11.9 Å². The lowest BCUT2D eigenvalue weighted by molar-refractivity contribution is 0.837. The molecule has 0 bridgehead atoms. The van der Waals surface area contributed by atoms with Crippen molar-refractivity contribution in [3.63, 3.8) is 0 Å². The normalized spacial score (nSPS) is 14.5.